The second-order valence-electron chi connectivity index (χ2n) is 6.58. The number of hydrogen-bond acceptors (Lipinski definition) is 4. The van der Waals surface area contributed by atoms with E-state index < -0.39 is 29.2 Å². The van der Waals surface area contributed by atoms with Gasteiger partial charge < -0.3 is 14.2 Å². The summed E-state index contributed by atoms with van der Waals surface area (Å²) in [6.45, 7) is 6.48. The van der Waals surface area contributed by atoms with Gasteiger partial charge in [0.05, 0.1) is 17.2 Å². The summed E-state index contributed by atoms with van der Waals surface area (Å²) in [4.78, 5) is 12.3. The molecule has 0 aliphatic carbocycles. The topological polar surface area (TPSA) is 44.8 Å². The number of carbonyl (C=O) groups is 1. The minimum Gasteiger partial charge on any atom is -0.462 e. The third-order valence-electron chi connectivity index (χ3n) is 3.35. The zero-order chi connectivity index (χ0) is 20.2. The summed E-state index contributed by atoms with van der Waals surface area (Å²) < 4.78 is 56.1. The van der Waals surface area contributed by atoms with Gasteiger partial charge in [0.15, 0.2) is 0 Å². The Hall–Kier alpha value is -2.54. The maximum atomic E-state index is 13.3. The van der Waals surface area contributed by atoms with Crippen molar-refractivity contribution in [2.75, 3.05) is 0 Å². The molecule has 27 heavy (non-hydrogen) atoms. The third kappa shape index (κ3) is 5.99. The van der Waals surface area contributed by atoms with E-state index in [1.807, 2.05) is 0 Å². The number of rotatable bonds is 6. The summed E-state index contributed by atoms with van der Waals surface area (Å²) in [5, 5.41) is 0. The van der Waals surface area contributed by atoms with Crippen LogP contribution in [-0.2, 0) is 10.9 Å². The van der Waals surface area contributed by atoms with Crippen molar-refractivity contribution in [1.29, 1.82) is 0 Å². The maximum absolute atomic E-state index is 13.3. The third-order valence-corrected chi connectivity index (χ3v) is 3.35. The SMILES string of the molecule is CC(C)OC(C)(C)Oc1cc(C(=O)Oc2ccccc2)ccc1C(F)(F)F. The second-order valence-corrected chi connectivity index (χ2v) is 6.58. The Bertz CT molecular complexity index is 784. The first kappa shape index (κ1) is 20.8. The Kier molecular flexibility index (Phi) is 6.15. The van der Waals surface area contributed by atoms with Crippen molar-refractivity contribution in [2.45, 2.75) is 45.8 Å². The van der Waals surface area contributed by atoms with E-state index >= 15 is 0 Å². The van der Waals surface area contributed by atoms with Crippen LogP contribution in [0.15, 0.2) is 48.5 Å². The van der Waals surface area contributed by atoms with Crippen molar-refractivity contribution in [1.82, 2.24) is 0 Å². The Labute approximate surface area is 155 Å². The summed E-state index contributed by atoms with van der Waals surface area (Å²) in [6, 6.07) is 11.1. The van der Waals surface area contributed by atoms with Gasteiger partial charge in [-0.25, -0.2) is 4.79 Å². The van der Waals surface area contributed by atoms with Gasteiger partial charge in [-0.1, -0.05) is 18.2 Å². The molecule has 0 saturated heterocycles. The smallest absolute Gasteiger partial charge is 0.419 e. The number of ether oxygens (including phenoxy) is 3. The summed E-state index contributed by atoms with van der Waals surface area (Å²) in [6.07, 6.45) is -4.91. The number of esters is 1. The largest absolute Gasteiger partial charge is 0.462 e. The molecule has 2 rings (SSSR count). The summed E-state index contributed by atoms with van der Waals surface area (Å²) >= 11 is 0. The van der Waals surface area contributed by atoms with E-state index in [0.29, 0.717) is 0 Å². The highest BCUT2D eigenvalue weighted by Gasteiger charge is 2.37. The average Bonchev–Trinajstić information content (AvgIpc) is 2.52. The lowest BCUT2D eigenvalue weighted by Crippen LogP contribution is -2.35. The molecule has 0 radical (unpaired) electrons. The van der Waals surface area contributed by atoms with E-state index in [9.17, 15) is 18.0 Å². The van der Waals surface area contributed by atoms with Gasteiger partial charge in [0, 0.05) is 13.8 Å². The second kappa shape index (κ2) is 8.00. The van der Waals surface area contributed by atoms with Crippen molar-refractivity contribution in [3.05, 3.63) is 59.7 Å². The van der Waals surface area contributed by atoms with Crippen molar-refractivity contribution < 1.29 is 32.2 Å². The van der Waals surface area contributed by atoms with E-state index in [-0.39, 0.29) is 17.4 Å². The fourth-order valence-corrected chi connectivity index (χ4v) is 2.48. The van der Waals surface area contributed by atoms with Crippen molar-refractivity contribution in [3.63, 3.8) is 0 Å². The molecule has 0 atom stereocenters. The zero-order valence-corrected chi connectivity index (χ0v) is 15.5. The maximum Gasteiger partial charge on any atom is 0.419 e. The van der Waals surface area contributed by atoms with Gasteiger partial charge in [-0.15, -0.1) is 0 Å². The van der Waals surface area contributed by atoms with Gasteiger partial charge in [-0.05, 0) is 44.2 Å². The molecule has 0 bridgehead atoms. The van der Waals surface area contributed by atoms with Crippen LogP contribution in [0.3, 0.4) is 0 Å². The summed E-state index contributed by atoms with van der Waals surface area (Å²) in [5.74, 6) is -2.33. The molecule has 0 N–H and O–H groups in total. The van der Waals surface area contributed by atoms with E-state index in [1.54, 1.807) is 44.2 Å². The van der Waals surface area contributed by atoms with Crippen molar-refractivity contribution in [3.8, 4) is 11.5 Å². The van der Waals surface area contributed by atoms with E-state index in [2.05, 4.69) is 0 Å². The van der Waals surface area contributed by atoms with Crippen LogP contribution in [0.1, 0.15) is 43.6 Å². The van der Waals surface area contributed by atoms with Crippen molar-refractivity contribution in [2.24, 2.45) is 0 Å². The lowest BCUT2D eigenvalue weighted by atomic mass is 10.1. The lowest BCUT2D eigenvalue weighted by Gasteiger charge is -2.30. The quantitative estimate of drug-likeness (QED) is 0.378. The molecular weight excluding hydrogens is 361 g/mol. The standard InChI is InChI=1S/C20H21F3O4/c1-13(2)26-19(3,4)27-17-12-14(10-11-16(17)20(21,22)23)18(24)25-15-8-6-5-7-9-15/h5-13H,1-4H3. The zero-order valence-electron chi connectivity index (χ0n) is 15.5. The number of alkyl halides is 3. The molecule has 0 saturated carbocycles. The first-order valence-electron chi connectivity index (χ1n) is 8.33. The molecule has 0 aliphatic heterocycles. The number of halogens is 3. The van der Waals surface area contributed by atoms with E-state index in [4.69, 9.17) is 14.2 Å². The Balaban J connectivity index is 2.34. The molecule has 0 fully saturated rings. The highest BCUT2D eigenvalue weighted by molar-refractivity contribution is 5.91. The van der Waals surface area contributed by atoms with Gasteiger partial charge in [-0.2, -0.15) is 13.2 Å². The van der Waals surface area contributed by atoms with Crippen LogP contribution in [0.4, 0.5) is 13.2 Å². The summed E-state index contributed by atoms with van der Waals surface area (Å²) in [5.41, 5.74) is -1.07. The fourth-order valence-electron chi connectivity index (χ4n) is 2.48. The van der Waals surface area contributed by atoms with E-state index in [1.165, 1.54) is 13.8 Å². The molecule has 0 spiro atoms. The Morgan fingerprint density at radius 1 is 1.00 bits per heavy atom. The van der Waals surface area contributed by atoms with Gasteiger partial charge >= 0.3 is 12.1 Å². The molecule has 0 amide bonds. The highest BCUT2D eigenvalue weighted by atomic mass is 19.4. The predicted octanol–water partition coefficient (Wildman–Crippen LogP) is 5.46. The molecule has 146 valence electrons. The van der Waals surface area contributed by atoms with Gasteiger partial charge in [0.1, 0.15) is 11.5 Å². The number of para-hydroxylation sites is 1. The average molecular weight is 382 g/mol. The monoisotopic (exact) mass is 382 g/mol. The fraction of sp³-hybridized carbons (Fsp3) is 0.350. The van der Waals surface area contributed by atoms with Crippen LogP contribution in [0.25, 0.3) is 0 Å². The first-order valence-corrected chi connectivity index (χ1v) is 8.33. The predicted molar refractivity (Wildman–Crippen MR) is 93.8 cm³/mol. The molecule has 2 aromatic carbocycles. The molecule has 0 aromatic heterocycles. The Morgan fingerprint density at radius 2 is 1.63 bits per heavy atom. The lowest BCUT2D eigenvalue weighted by molar-refractivity contribution is -0.184. The normalized spacial score (nSPS) is 12.1. The molecule has 0 unspecified atom stereocenters. The minimum absolute atomic E-state index is 0.0674. The molecular formula is C20H21F3O4. The highest BCUT2D eigenvalue weighted by Crippen LogP contribution is 2.38. The van der Waals surface area contributed by atoms with E-state index in [0.717, 1.165) is 18.2 Å². The number of carbonyl (C=O) groups excluding carboxylic acids is 1. The molecule has 0 heterocycles. The van der Waals surface area contributed by atoms with Gasteiger partial charge in [0.2, 0.25) is 5.79 Å². The van der Waals surface area contributed by atoms with Crippen LogP contribution in [0.5, 0.6) is 11.5 Å². The first-order chi connectivity index (χ1) is 12.5. The number of hydrogen-bond donors (Lipinski definition) is 0. The Morgan fingerprint density at radius 3 is 2.19 bits per heavy atom. The van der Waals surface area contributed by atoms with Crippen LogP contribution >= 0.6 is 0 Å². The molecule has 7 heteroatoms. The van der Waals surface area contributed by atoms with Crippen molar-refractivity contribution >= 4 is 5.97 Å². The van der Waals surface area contributed by atoms with Crippen LogP contribution in [0.2, 0.25) is 0 Å². The van der Waals surface area contributed by atoms with Crippen LogP contribution in [0, 0.1) is 0 Å². The van der Waals surface area contributed by atoms with Gasteiger partial charge in [-0.3, -0.25) is 0 Å². The molecule has 4 nitrogen and oxygen atoms in total. The summed E-state index contributed by atoms with van der Waals surface area (Å²) in [7, 11) is 0. The van der Waals surface area contributed by atoms with Crippen LogP contribution in [-0.4, -0.2) is 17.9 Å². The number of benzene rings is 2. The molecule has 0 aliphatic rings. The van der Waals surface area contributed by atoms with Crippen LogP contribution < -0.4 is 9.47 Å². The minimum atomic E-state index is -4.65. The molecule has 2 aromatic rings. The van der Waals surface area contributed by atoms with Gasteiger partial charge in [0.25, 0.3) is 0 Å².